The third kappa shape index (κ3) is 1.23. The highest BCUT2D eigenvalue weighted by molar-refractivity contribution is 9.10. The molecule has 0 spiro atoms. The zero-order valence-electron chi connectivity index (χ0n) is 6.63. The highest BCUT2D eigenvalue weighted by Gasteiger charge is 1.97. The van der Waals surface area contributed by atoms with Crippen LogP contribution < -0.4 is 0 Å². The second-order valence-electron chi connectivity index (χ2n) is 2.73. The Morgan fingerprint density at radius 1 is 1.42 bits per heavy atom. The predicted octanol–water partition coefficient (Wildman–Crippen LogP) is 3.11. The molecular formula is C10H7BrN. The van der Waals surface area contributed by atoms with E-state index in [-0.39, 0.29) is 0 Å². The van der Waals surface area contributed by atoms with Gasteiger partial charge in [-0.1, -0.05) is 22.0 Å². The van der Waals surface area contributed by atoms with Crippen molar-refractivity contribution in [1.82, 2.24) is 4.98 Å². The molecule has 1 aromatic heterocycles. The molecule has 1 nitrogen and oxygen atoms in total. The zero-order valence-corrected chi connectivity index (χ0v) is 8.22. The number of fused-ring (bicyclic) bond motifs is 1. The minimum atomic E-state index is 0.990. The quantitative estimate of drug-likeness (QED) is 0.666. The van der Waals surface area contributed by atoms with Crippen molar-refractivity contribution in [2.24, 2.45) is 0 Å². The van der Waals surface area contributed by atoms with Crippen LogP contribution in [0.25, 0.3) is 10.9 Å². The largest absolute Gasteiger partial charge is 0.246 e. The molecule has 1 heterocycles. The van der Waals surface area contributed by atoms with E-state index in [0.29, 0.717) is 0 Å². The number of rotatable bonds is 0. The molecule has 0 aliphatic carbocycles. The van der Waals surface area contributed by atoms with Gasteiger partial charge in [0.05, 0.1) is 11.7 Å². The number of aryl methyl sites for hydroxylation is 1. The molecule has 0 aliphatic heterocycles. The Morgan fingerprint density at radius 3 is 3.08 bits per heavy atom. The van der Waals surface area contributed by atoms with Crippen LogP contribution in [0.3, 0.4) is 0 Å². The summed E-state index contributed by atoms with van der Waals surface area (Å²) in [7, 11) is 0. The van der Waals surface area contributed by atoms with E-state index in [1.165, 1.54) is 10.9 Å². The summed E-state index contributed by atoms with van der Waals surface area (Å²) in [4.78, 5) is 4.15. The van der Waals surface area contributed by atoms with Crippen LogP contribution in [0.2, 0.25) is 0 Å². The second-order valence-corrected chi connectivity index (χ2v) is 3.65. The maximum absolute atomic E-state index is 4.15. The third-order valence-electron chi connectivity index (χ3n) is 1.85. The summed E-state index contributed by atoms with van der Waals surface area (Å²) in [6, 6.07) is 7.99. The van der Waals surface area contributed by atoms with Crippen LogP contribution in [0.15, 0.2) is 28.7 Å². The Morgan fingerprint density at radius 2 is 2.25 bits per heavy atom. The van der Waals surface area contributed by atoms with Crippen molar-refractivity contribution in [2.75, 3.05) is 0 Å². The fourth-order valence-corrected chi connectivity index (χ4v) is 1.56. The van der Waals surface area contributed by atoms with E-state index in [2.05, 4.69) is 40.1 Å². The minimum Gasteiger partial charge on any atom is -0.246 e. The van der Waals surface area contributed by atoms with Crippen molar-refractivity contribution in [3.63, 3.8) is 0 Å². The number of nitrogens with zero attached hydrogens (tertiary/aromatic N) is 1. The average Bonchev–Trinajstić information content (AvgIpc) is 2.04. The summed E-state index contributed by atoms with van der Waals surface area (Å²) < 4.78 is 1.06. The number of hydrogen-bond donors (Lipinski definition) is 0. The lowest BCUT2D eigenvalue weighted by molar-refractivity contribution is 1.35. The molecule has 0 bridgehead atoms. The fourth-order valence-electron chi connectivity index (χ4n) is 1.21. The van der Waals surface area contributed by atoms with Crippen LogP contribution in [0.5, 0.6) is 0 Å². The molecular weight excluding hydrogens is 214 g/mol. The minimum absolute atomic E-state index is 0.990. The van der Waals surface area contributed by atoms with E-state index in [1.807, 2.05) is 18.2 Å². The van der Waals surface area contributed by atoms with Crippen LogP contribution in [0, 0.1) is 13.1 Å². The molecule has 0 atom stereocenters. The van der Waals surface area contributed by atoms with Crippen LogP contribution in [-0.2, 0) is 0 Å². The van der Waals surface area contributed by atoms with Crippen molar-refractivity contribution in [3.05, 3.63) is 40.5 Å². The predicted molar refractivity (Wildman–Crippen MR) is 53.0 cm³/mol. The van der Waals surface area contributed by atoms with Gasteiger partial charge in [0.15, 0.2) is 0 Å². The molecule has 12 heavy (non-hydrogen) atoms. The lowest BCUT2D eigenvalue weighted by Crippen LogP contribution is -1.81. The highest BCUT2D eigenvalue weighted by Crippen LogP contribution is 2.19. The molecule has 0 aliphatic rings. The van der Waals surface area contributed by atoms with E-state index in [9.17, 15) is 0 Å². The van der Waals surface area contributed by atoms with Gasteiger partial charge >= 0.3 is 0 Å². The zero-order chi connectivity index (χ0) is 8.55. The Kier molecular flexibility index (Phi) is 1.85. The number of benzene rings is 1. The molecule has 2 aromatic rings. The monoisotopic (exact) mass is 220 g/mol. The lowest BCUT2D eigenvalue weighted by atomic mass is 10.1. The first-order valence-corrected chi connectivity index (χ1v) is 4.49. The van der Waals surface area contributed by atoms with Gasteiger partial charge in [-0.05, 0) is 30.7 Å². The Bertz CT molecular complexity index is 423. The van der Waals surface area contributed by atoms with Crippen LogP contribution >= 0.6 is 15.9 Å². The van der Waals surface area contributed by atoms with Gasteiger partial charge in [0.2, 0.25) is 0 Å². The van der Waals surface area contributed by atoms with Crippen molar-refractivity contribution in [3.8, 4) is 0 Å². The van der Waals surface area contributed by atoms with Crippen LogP contribution in [0.4, 0.5) is 0 Å². The average molecular weight is 221 g/mol. The first-order valence-electron chi connectivity index (χ1n) is 3.70. The van der Waals surface area contributed by atoms with Gasteiger partial charge in [0, 0.05) is 9.86 Å². The fraction of sp³-hybridized carbons (Fsp3) is 0.100. The molecule has 2 rings (SSSR count). The number of hydrogen-bond acceptors (Lipinski definition) is 1. The molecule has 0 fully saturated rings. The third-order valence-corrected chi connectivity index (χ3v) is 2.34. The SMILES string of the molecule is Cc1c[c]nc2cc(Br)ccc12. The van der Waals surface area contributed by atoms with Gasteiger partial charge in [-0.3, -0.25) is 0 Å². The van der Waals surface area contributed by atoms with Gasteiger partial charge in [-0.15, -0.1) is 0 Å². The summed E-state index contributed by atoms with van der Waals surface area (Å²) in [5.41, 5.74) is 2.21. The maximum Gasteiger partial charge on any atom is 0.0896 e. The summed E-state index contributed by atoms with van der Waals surface area (Å²) in [6.45, 7) is 2.06. The van der Waals surface area contributed by atoms with Gasteiger partial charge in [0.25, 0.3) is 0 Å². The first kappa shape index (κ1) is 7.74. The van der Waals surface area contributed by atoms with Crippen molar-refractivity contribution >= 4 is 26.8 Å². The van der Waals surface area contributed by atoms with E-state index in [1.54, 1.807) is 0 Å². The molecule has 0 N–H and O–H groups in total. The molecule has 59 valence electrons. The summed E-state index contributed by atoms with van der Waals surface area (Å²) in [5, 5.41) is 1.19. The lowest BCUT2D eigenvalue weighted by Gasteiger charge is -1.99. The van der Waals surface area contributed by atoms with E-state index >= 15 is 0 Å². The van der Waals surface area contributed by atoms with Gasteiger partial charge in [0.1, 0.15) is 0 Å². The highest BCUT2D eigenvalue weighted by atomic mass is 79.9. The van der Waals surface area contributed by atoms with Crippen molar-refractivity contribution < 1.29 is 0 Å². The summed E-state index contributed by atoms with van der Waals surface area (Å²) in [5.74, 6) is 0. The van der Waals surface area contributed by atoms with E-state index < -0.39 is 0 Å². The van der Waals surface area contributed by atoms with Crippen LogP contribution in [-0.4, -0.2) is 4.98 Å². The van der Waals surface area contributed by atoms with E-state index in [0.717, 1.165) is 9.99 Å². The van der Waals surface area contributed by atoms with E-state index in [4.69, 9.17) is 0 Å². The number of halogens is 1. The maximum atomic E-state index is 4.15. The summed E-state index contributed by atoms with van der Waals surface area (Å²) in [6.07, 6.45) is 2.86. The molecule has 1 aromatic carbocycles. The standard InChI is InChI=1S/C10H7BrN/c1-7-4-5-12-10-6-8(11)2-3-9(7)10/h2-4,6H,1H3. The van der Waals surface area contributed by atoms with Gasteiger partial charge in [-0.25, -0.2) is 4.98 Å². The summed E-state index contributed by atoms with van der Waals surface area (Å²) >= 11 is 3.40. The van der Waals surface area contributed by atoms with Crippen LogP contribution in [0.1, 0.15) is 5.56 Å². The van der Waals surface area contributed by atoms with Crippen molar-refractivity contribution in [2.45, 2.75) is 6.92 Å². The Labute approximate surface area is 79.6 Å². The Balaban J connectivity index is 2.86. The normalized spacial score (nSPS) is 10.5. The number of pyridine rings is 1. The number of aromatic nitrogens is 1. The topological polar surface area (TPSA) is 12.9 Å². The molecule has 0 saturated carbocycles. The van der Waals surface area contributed by atoms with Crippen molar-refractivity contribution in [1.29, 1.82) is 0 Å². The molecule has 0 unspecified atom stereocenters. The molecule has 0 amide bonds. The molecule has 0 saturated heterocycles. The second kappa shape index (κ2) is 2.87. The molecule has 1 radical (unpaired) electrons. The van der Waals surface area contributed by atoms with Gasteiger partial charge < -0.3 is 0 Å². The molecule has 2 heteroatoms. The Hall–Kier alpha value is -0.890. The smallest absolute Gasteiger partial charge is 0.0896 e. The first-order chi connectivity index (χ1) is 5.77. The van der Waals surface area contributed by atoms with Gasteiger partial charge in [-0.2, -0.15) is 0 Å².